The summed E-state index contributed by atoms with van der Waals surface area (Å²) in [6, 6.07) is 30.7. The lowest BCUT2D eigenvalue weighted by Crippen LogP contribution is -2.26. The monoisotopic (exact) mass is 298 g/mol. The third-order valence-corrected chi connectivity index (χ3v) is 3.74. The number of para-hydroxylation sites is 2. The van der Waals surface area contributed by atoms with Crippen molar-refractivity contribution < 1.29 is 0 Å². The van der Waals surface area contributed by atoms with Crippen molar-refractivity contribution in [1.82, 2.24) is 0 Å². The van der Waals surface area contributed by atoms with Crippen LogP contribution in [0.1, 0.15) is 5.56 Å². The Kier molecular flexibility index (Phi) is 3.53. The van der Waals surface area contributed by atoms with E-state index >= 15 is 0 Å². The molecule has 4 rings (SSSR count). The Morgan fingerprint density at radius 1 is 0.565 bits per heavy atom. The van der Waals surface area contributed by atoms with Crippen molar-refractivity contribution in [2.24, 2.45) is 5.10 Å². The average Bonchev–Trinajstić information content (AvgIpc) is 3.09. The minimum atomic E-state index is 0.917. The molecule has 1 heterocycles. The summed E-state index contributed by atoms with van der Waals surface area (Å²) < 4.78 is 0. The number of hydrazone groups is 1. The van der Waals surface area contributed by atoms with Crippen molar-refractivity contribution >= 4 is 17.2 Å². The molecule has 0 atom stereocenters. The van der Waals surface area contributed by atoms with E-state index in [-0.39, 0.29) is 0 Å². The van der Waals surface area contributed by atoms with Crippen LogP contribution in [-0.4, -0.2) is 5.84 Å². The van der Waals surface area contributed by atoms with Gasteiger partial charge < -0.3 is 0 Å². The van der Waals surface area contributed by atoms with E-state index < -0.39 is 0 Å². The van der Waals surface area contributed by atoms with Crippen LogP contribution in [0.25, 0.3) is 0 Å². The highest BCUT2D eigenvalue weighted by atomic mass is 15.6. The molecule has 0 N–H and O–H groups in total. The maximum atomic E-state index is 4.81. The number of hydrogen-bond acceptors (Lipinski definition) is 3. The Bertz CT molecular complexity index is 798. The first kappa shape index (κ1) is 13.6. The van der Waals surface area contributed by atoms with Crippen LogP contribution in [0.2, 0.25) is 0 Å². The molecule has 0 aliphatic carbocycles. The largest absolute Gasteiger partial charge is 0.298 e. The number of benzene rings is 3. The fourth-order valence-electron chi connectivity index (χ4n) is 2.61. The number of hydrogen-bond donors (Lipinski definition) is 0. The van der Waals surface area contributed by atoms with Crippen molar-refractivity contribution in [2.75, 3.05) is 9.91 Å². The second kappa shape index (κ2) is 5.97. The minimum Gasteiger partial charge on any atom is -0.298 e. The normalized spacial score (nSPS) is 14.0. The van der Waals surface area contributed by atoms with Crippen LogP contribution in [0.5, 0.6) is 0 Å². The van der Waals surface area contributed by atoms with E-state index in [9.17, 15) is 0 Å². The zero-order chi connectivity index (χ0) is 15.5. The molecule has 0 spiro atoms. The molecule has 0 bridgehead atoms. The molecule has 3 aromatic rings. The van der Waals surface area contributed by atoms with Crippen LogP contribution in [0.15, 0.2) is 96.1 Å². The molecule has 3 aromatic carbocycles. The molecule has 0 fully saturated rings. The fraction of sp³-hybridized carbons (Fsp3) is 0. The molecule has 3 nitrogen and oxygen atoms in total. The van der Waals surface area contributed by atoms with E-state index in [1.807, 2.05) is 66.3 Å². The average molecular weight is 298 g/mol. The topological polar surface area (TPSA) is 18.8 Å². The van der Waals surface area contributed by atoms with Crippen LogP contribution in [0.4, 0.5) is 11.4 Å². The van der Waals surface area contributed by atoms with Gasteiger partial charge in [-0.2, -0.15) is 5.10 Å². The molecular weight excluding hydrogens is 282 g/mol. The lowest BCUT2D eigenvalue weighted by Gasteiger charge is -2.20. The lowest BCUT2D eigenvalue weighted by molar-refractivity contribution is 1.02. The predicted octanol–water partition coefficient (Wildman–Crippen LogP) is 4.49. The maximum Gasteiger partial charge on any atom is 0.170 e. The van der Waals surface area contributed by atoms with Gasteiger partial charge in [0.05, 0.1) is 5.69 Å². The molecule has 0 saturated carbocycles. The summed E-state index contributed by atoms with van der Waals surface area (Å²) in [4.78, 5) is 2.11. The quantitative estimate of drug-likeness (QED) is 0.709. The second-order valence-electron chi connectivity index (χ2n) is 5.29. The Morgan fingerprint density at radius 2 is 1.09 bits per heavy atom. The zero-order valence-corrected chi connectivity index (χ0v) is 12.6. The van der Waals surface area contributed by atoms with Crippen LogP contribution in [-0.2, 0) is 0 Å². The highest BCUT2D eigenvalue weighted by Gasteiger charge is 2.27. The van der Waals surface area contributed by atoms with Gasteiger partial charge in [0.25, 0.3) is 0 Å². The van der Waals surface area contributed by atoms with Crippen molar-refractivity contribution in [3.8, 4) is 0 Å². The molecule has 0 amide bonds. The molecule has 1 radical (unpaired) electrons. The van der Waals surface area contributed by atoms with Gasteiger partial charge in [0.1, 0.15) is 0 Å². The van der Waals surface area contributed by atoms with Crippen molar-refractivity contribution in [3.63, 3.8) is 0 Å². The molecule has 23 heavy (non-hydrogen) atoms. The third kappa shape index (κ3) is 2.69. The molecule has 111 valence electrons. The van der Waals surface area contributed by atoms with E-state index in [0.29, 0.717) is 0 Å². The van der Waals surface area contributed by atoms with Gasteiger partial charge in [0.15, 0.2) is 12.5 Å². The molecular formula is C20H16N3. The predicted molar refractivity (Wildman–Crippen MR) is 95.1 cm³/mol. The highest BCUT2D eigenvalue weighted by Crippen LogP contribution is 2.29. The molecule has 0 aromatic heterocycles. The molecule has 3 heteroatoms. The molecule has 1 aliphatic rings. The SMILES string of the molecule is [CH]1N(c2ccccc2)N=C(c2ccccc2)N1c1ccccc1. The van der Waals surface area contributed by atoms with Gasteiger partial charge >= 0.3 is 0 Å². The third-order valence-electron chi connectivity index (χ3n) is 3.74. The zero-order valence-electron chi connectivity index (χ0n) is 12.6. The first-order chi connectivity index (χ1) is 11.4. The number of nitrogens with zero attached hydrogens (tertiary/aromatic N) is 3. The standard InChI is InChI=1S/C20H16N3/c1-4-10-17(11-5-1)20-21-23(19-14-8-3-9-15-19)16-22(20)18-12-6-2-7-13-18/h1-16H. The number of amidine groups is 1. The van der Waals surface area contributed by atoms with Crippen LogP contribution < -0.4 is 9.91 Å². The van der Waals surface area contributed by atoms with Gasteiger partial charge in [0.2, 0.25) is 0 Å². The van der Waals surface area contributed by atoms with Crippen LogP contribution >= 0.6 is 0 Å². The van der Waals surface area contributed by atoms with Gasteiger partial charge in [-0.25, -0.2) is 5.01 Å². The summed E-state index contributed by atoms with van der Waals surface area (Å²) in [6.07, 6.45) is 0. The fourth-order valence-corrected chi connectivity index (χ4v) is 2.61. The Hall–Kier alpha value is -3.07. The summed E-state index contributed by atoms with van der Waals surface area (Å²) in [7, 11) is 0. The number of anilines is 2. The van der Waals surface area contributed by atoms with Crippen LogP contribution in [0.3, 0.4) is 0 Å². The first-order valence-electron chi connectivity index (χ1n) is 7.59. The molecule has 1 aliphatic heterocycles. The summed E-state index contributed by atoms with van der Waals surface area (Å²) in [5, 5.41) is 6.72. The van der Waals surface area contributed by atoms with Gasteiger partial charge in [-0.1, -0.05) is 66.7 Å². The summed E-state index contributed by atoms with van der Waals surface area (Å²) >= 11 is 0. The van der Waals surface area contributed by atoms with Crippen molar-refractivity contribution in [2.45, 2.75) is 0 Å². The first-order valence-corrected chi connectivity index (χ1v) is 7.59. The van der Waals surface area contributed by atoms with Gasteiger partial charge in [-0.3, -0.25) is 4.90 Å². The van der Waals surface area contributed by atoms with Crippen LogP contribution in [0, 0.1) is 6.67 Å². The summed E-state index contributed by atoms with van der Waals surface area (Å²) in [5.74, 6) is 0.917. The lowest BCUT2D eigenvalue weighted by atomic mass is 10.2. The Labute approximate surface area is 136 Å². The molecule has 0 unspecified atom stereocenters. The van der Waals surface area contributed by atoms with E-state index in [1.165, 1.54) is 0 Å². The van der Waals surface area contributed by atoms with Gasteiger partial charge in [-0.05, 0) is 24.3 Å². The van der Waals surface area contributed by atoms with E-state index in [1.54, 1.807) is 0 Å². The molecule has 0 saturated heterocycles. The van der Waals surface area contributed by atoms with E-state index in [2.05, 4.69) is 41.3 Å². The highest BCUT2D eigenvalue weighted by molar-refractivity contribution is 6.13. The second-order valence-corrected chi connectivity index (χ2v) is 5.29. The summed E-state index contributed by atoms with van der Waals surface area (Å²) in [6.45, 7) is 2.02. The Morgan fingerprint density at radius 3 is 1.70 bits per heavy atom. The summed E-state index contributed by atoms with van der Waals surface area (Å²) in [5.41, 5.74) is 3.22. The maximum absolute atomic E-state index is 4.81. The van der Waals surface area contributed by atoms with Gasteiger partial charge in [-0.15, -0.1) is 0 Å². The Balaban J connectivity index is 1.76. The van der Waals surface area contributed by atoms with E-state index in [4.69, 9.17) is 5.10 Å². The number of rotatable bonds is 3. The van der Waals surface area contributed by atoms with Crippen molar-refractivity contribution in [1.29, 1.82) is 0 Å². The van der Waals surface area contributed by atoms with Crippen molar-refractivity contribution in [3.05, 3.63) is 103 Å². The van der Waals surface area contributed by atoms with E-state index in [0.717, 1.165) is 22.8 Å². The van der Waals surface area contributed by atoms with Gasteiger partial charge in [0, 0.05) is 11.3 Å². The minimum absolute atomic E-state index is 0.917. The smallest absolute Gasteiger partial charge is 0.170 e.